The maximum atomic E-state index is 10.9. The minimum atomic E-state index is -0.536. The third-order valence-electron chi connectivity index (χ3n) is 2.73. The third kappa shape index (κ3) is 3.64. The van der Waals surface area contributed by atoms with Gasteiger partial charge in [-0.1, -0.05) is 29.8 Å². The van der Waals surface area contributed by atoms with Crippen LogP contribution in [0.1, 0.15) is 11.1 Å². The van der Waals surface area contributed by atoms with Crippen LogP contribution >= 0.6 is 11.6 Å². The summed E-state index contributed by atoms with van der Waals surface area (Å²) in [5.74, 6) is 0.141. The highest BCUT2D eigenvalue weighted by Gasteiger charge is 2.16. The predicted molar refractivity (Wildman–Crippen MR) is 77.1 cm³/mol. The van der Waals surface area contributed by atoms with Crippen molar-refractivity contribution in [2.24, 2.45) is 0 Å². The zero-order valence-corrected chi connectivity index (χ0v) is 11.6. The number of anilines is 1. The van der Waals surface area contributed by atoms with Crippen molar-refractivity contribution in [1.82, 2.24) is 9.97 Å². The first kappa shape index (κ1) is 14.2. The Balaban J connectivity index is 2.04. The van der Waals surface area contributed by atoms with Gasteiger partial charge in [-0.05, 0) is 30.5 Å². The van der Waals surface area contributed by atoms with Gasteiger partial charge in [0.05, 0.1) is 4.92 Å². The molecule has 2 rings (SSSR count). The highest BCUT2D eigenvalue weighted by molar-refractivity contribution is 6.28. The second-order valence-corrected chi connectivity index (χ2v) is 4.63. The maximum absolute atomic E-state index is 10.9. The van der Waals surface area contributed by atoms with Gasteiger partial charge in [0.15, 0.2) is 0 Å². The molecule has 0 aliphatic carbocycles. The highest BCUT2D eigenvalue weighted by Crippen LogP contribution is 2.21. The Bertz CT molecular complexity index is 634. The molecule has 1 N–H and O–H groups in total. The summed E-state index contributed by atoms with van der Waals surface area (Å²) >= 11 is 5.65. The zero-order chi connectivity index (χ0) is 14.5. The highest BCUT2D eigenvalue weighted by atomic mass is 35.5. The molecule has 0 amide bonds. The Morgan fingerprint density at radius 1 is 1.45 bits per heavy atom. The number of halogens is 1. The molecule has 0 fully saturated rings. The minimum Gasteiger partial charge on any atom is -0.364 e. The van der Waals surface area contributed by atoms with Crippen LogP contribution in [0.5, 0.6) is 0 Å². The van der Waals surface area contributed by atoms with Gasteiger partial charge in [0.2, 0.25) is 11.1 Å². The van der Waals surface area contributed by atoms with Crippen LogP contribution in [0.15, 0.2) is 30.5 Å². The van der Waals surface area contributed by atoms with Crippen molar-refractivity contribution < 1.29 is 4.92 Å². The smallest absolute Gasteiger partial charge is 0.329 e. The van der Waals surface area contributed by atoms with Crippen LogP contribution in [0, 0.1) is 17.0 Å². The Morgan fingerprint density at radius 2 is 2.25 bits per heavy atom. The van der Waals surface area contributed by atoms with E-state index in [9.17, 15) is 10.1 Å². The van der Waals surface area contributed by atoms with Gasteiger partial charge >= 0.3 is 5.69 Å². The van der Waals surface area contributed by atoms with Gasteiger partial charge in [-0.2, -0.15) is 4.98 Å². The number of aromatic nitrogens is 2. The Hall–Kier alpha value is -2.21. The Morgan fingerprint density at radius 3 is 2.95 bits per heavy atom. The van der Waals surface area contributed by atoms with E-state index >= 15 is 0 Å². The van der Waals surface area contributed by atoms with Gasteiger partial charge in [0.1, 0.15) is 6.20 Å². The van der Waals surface area contributed by atoms with Crippen molar-refractivity contribution in [3.63, 3.8) is 0 Å². The minimum absolute atomic E-state index is 0.0198. The first-order valence-corrected chi connectivity index (χ1v) is 6.40. The van der Waals surface area contributed by atoms with Crippen molar-refractivity contribution >= 4 is 23.1 Å². The molecule has 1 aromatic carbocycles. The zero-order valence-electron chi connectivity index (χ0n) is 10.8. The van der Waals surface area contributed by atoms with Gasteiger partial charge in [0, 0.05) is 6.54 Å². The molecule has 0 spiro atoms. The summed E-state index contributed by atoms with van der Waals surface area (Å²) < 4.78 is 0. The summed E-state index contributed by atoms with van der Waals surface area (Å²) in [4.78, 5) is 17.8. The molecule has 0 aliphatic rings. The lowest BCUT2D eigenvalue weighted by Crippen LogP contribution is -2.09. The Kier molecular flexibility index (Phi) is 4.47. The first-order valence-electron chi connectivity index (χ1n) is 6.02. The average molecular weight is 293 g/mol. The van der Waals surface area contributed by atoms with Crippen LogP contribution in [-0.2, 0) is 6.42 Å². The van der Waals surface area contributed by atoms with E-state index in [1.807, 2.05) is 25.1 Å². The number of nitrogens with zero attached hydrogens (tertiary/aromatic N) is 3. The fourth-order valence-electron chi connectivity index (χ4n) is 1.81. The third-order valence-corrected chi connectivity index (χ3v) is 2.91. The molecular weight excluding hydrogens is 280 g/mol. The lowest BCUT2D eigenvalue weighted by molar-refractivity contribution is -0.384. The quantitative estimate of drug-likeness (QED) is 0.520. The van der Waals surface area contributed by atoms with Crippen molar-refractivity contribution in [2.75, 3.05) is 11.9 Å². The number of nitro groups is 1. The van der Waals surface area contributed by atoms with E-state index in [-0.39, 0.29) is 16.8 Å². The van der Waals surface area contributed by atoms with Gasteiger partial charge in [0.25, 0.3) is 0 Å². The second-order valence-electron chi connectivity index (χ2n) is 4.30. The van der Waals surface area contributed by atoms with E-state index in [4.69, 9.17) is 11.6 Å². The molecule has 0 saturated carbocycles. The van der Waals surface area contributed by atoms with Crippen molar-refractivity contribution in [3.8, 4) is 0 Å². The summed E-state index contributed by atoms with van der Waals surface area (Å²) in [6, 6.07) is 8.08. The van der Waals surface area contributed by atoms with Gasteiger partial charge in [-0.3, -0.25) is 10.1 Å². The van der Waals surface area contributed by atoms with Crippen LogP contribution in [-0.4, -0.2) is 21.4 Å². The van der Waals surface area contributed by atoms with Gasteiger partial charge in [-0.15, -0.1) is 0 Å². The largest absolute Gasteiger partial charge is 0.364 e. The van der Waals surface area contributed by atoms with Crippen molar-refractivity contribution in [1.29, 1.82) is 0 Å². The molecule has 0 radical (unpaired) electrons. The van der Waals surface area contributed by atoms with Crippen LogP contribution in [0.4, 0.5) is 11.5 Å². The molecule has 6 nitrogen and oxygen atoms in total. The molecule has 1 aromatic heterocycles. The normalized spacial score (nSPS) is 10.3. The average Bonchev–Trinajstić information content (AvgIpc) is 2.38. The van der Waals surface area contributed by atoms with E-state index in [0.717, 1.165) is 18.2 Å². The molecule has 104 valence electrons. The number of hydrogen-bond acceptors (Lipinski definition) is 5. The fraction of sp³-hybridized carbons (Fsp3) is 0.231. The number of benzene rings is 1. The number of nitrogens with one attached hydrogen (secondary N) is 1. The van der Waals surface area contributed by atoms with Crippen molar-refractivity contribution in [2.45, 2.75) is 13.3 Å². The monoisotopic (exact) mass is 292 g/mol. The number of rotatable bonds is 5. The SMILES string of the molecule is Cc1cccc(CCNc2nc(Cl)ncc2[N+](=O)[O-])c1. The van der Waals surface area contributed by atoms with E-state index in [1.54, 1.807) is 0 Å². The van der Waals surface area contributed by atoms with E-state index in [2.05, 4.69) is 21.4 Å². The molecule has 7 heteroatoms. The van der Waals surface area contributed by atoms with Crippen LogP contribution in [0.25, 0.3) is 0 Å². The molecule has 0 unspecified atom stereocenters. The second kappa shape index (κ2) is 6.29. The standard InChI is InChI=1S/C13H13ClN4O2/c1-9-3-2-4-10(7-9)5-6-15-12-11(18(19)20)8-16-13(14)17-12/h2-4,7-8H,5-6H2,1H3,(H,15,16,17). The van der Waals surface area contributed by atoms with Crippen LogP contribution < -0.4 is 5.32 Å². The van der Waals surface area contributed by atoms with E-state index in [1.165, 1.54) is 5.56 Å². The topological polar surface area (TPSA) is 81.0 Å². The summed E-state index contributed by atoms with van der Waals surface area (Å²) in [6.07, 6.45) is 1.84. The van der Waals surface area contributed by atoms with Crippen molar-refractivity contribution in [3.05, 3.63) is 57.0 Å². The summed E-state index contributed by atoms with van der Waals surface area (Å²) in [5, 5.41) is 13.8. The summed E-state index contributed by atoms with van der Waals surface area (Å²) in [5.41, 5.74) is 2.15. The van der Waals surface area contributed by atoms with E-state index < -0.39 is 4.92 Å². The Labute approximate surface area is 121 Å². The molecule has 0 bridgehead atoms. The lowest BCUT2D eigenvalue weighted by atomic mass is 10.1. The molecule has 0 saturated heterocycles. The first-order chi connectivity index (χ1) is 9.56. The van der Waals surface area contributed by atoms with E-state index in [0.29, 0.717) is 6.54 Å². The molecule has 1 heterocycles. The predicted octanol–water partition coefficient (Wildman–Crippen LogP) is 3.00. The van der Waals surface area contributed by atoms with Gasteiger partial charge in [-0.25, -0.2) is 4.98 Å². The lowest BCUT2D eigenvalue weighted by Gasteiger charge is -2.06. The summed E-state index contributed by atoms with van der Waals surface area (Å²) in [6.45, 7) is 2.55. The molecule has 20 heavy (non-hydrogen) atoms. The maximum Gasteiger partial charge on any atom is 0.329 e. The van der Waals surface area contributed by atoms with Crippen LogP contribution in [0.2, 0.25) is 5.28 Å². The number of aryl methyl sites for hydroxylation is 1. The molecule has 2 aromatic rings. The van der Waals surface area contributed by atoms with Gasteiger partial charge < -0.3 is 5.32 Å². The molecule has 0 atom stereocenters. The number of hydrogen-bond donors (Lipinski definition) is 1. The summed E-state index contributed by atoms with van der Waals surface area (Å²) in [7, 11) is 0. The fourth-order valence-corrected chi connectivity index (χ4v) is 1.94. The molecule has 0 aliphatic heterocycles. The van der Waals surface area contributed by atoms with Crippen LogP contribution in [0.3, 0.4) is 0 Å². The molecular formula is C13H13ClN4O2.